The third-order valence-electron chi connectivity index (χ3n) is 4.52. The van der Waals surface area contributed by atoms with Gasteiger partial charge < -0.3 is 10.4 Å². The van der Waals surface area contributed by atoms with Gasteiger partial charge in [0.05, 0.1) is 11.6 Å². The van der Waals surface area contributed by atoms with Crippen molar-refractivity contribution >= 4 is 33.2 Å². The molecule has 1 atom stereocenters. The fraction of sp³-hybridized carbons (Fsp3) is 0.278. The highest BCUT2D eigenvalue weighted by atomic mass is 35.5. The zero-order valence-electron chi connectivity index (χ0n) is 15.1. The van der Waals surface area contributed by atoms with Crippen molar-refractivity contribution in [1.29, 1.82) is 0 Å². The van der Waals surface area contributed by atoms with E-state index >= 15 is 0 Å². The van der Waals surface area contributed by atoms with E-state index in [2.05, 4.69) is 5.32 Å². The number of aliphatic hydroxyl groups is 1. The smallest absolute Gasteiger partial charge is 0.286 e. The quantitative estimate of drug-likeness (QED) is 0.677. The molecule has 0 aromatic heterocycles. The molecule has 1 aliphatic heterocycles. The highest BCUT2D eigenvalue weighted by Crippen LogP contribution is 2.32. The minimum Gasteiger partial charge on any atom is -0.387 e. The number of amides is 1. The van der Waals surface area contributed by atoms with Gasteiger partial charge in [-0.05, 0) is 42.8 Å². The molecular formula is C18H15ClF4N2O4S. The number of anilines is 1. The van der Waals surface area contributed by atoms with Crippen molar-refractivity contribution in [2.24, 2.45) is 0 Å². The van der Waals surface area contributed by atoms with Crippen molar-refractivity contribution in [2.45, 2.75) is 23.3 Å². The molecule has 0 spiro atoms. The average Bonchev–Trinajstić information content (AvgIpc) is 2.67. The number of halogens is 5. The van der Waals surface area contributed by atoms with Gasteiger partial charge in [0.25, 0.3) is 11.8 Å². The van der Waals surface area contributed by atoms with Gasteiger partial charge in [0.15, 0.2) is 0 Å². The van der Waals surface area contributed by atoms with E-state index in [9.17, 15) is 35.9 Å². The van der Waals surface area contributed by atoms with E-state index in [0.29, 0.717) is 10.4 Å². The summed E-state index contributed by atoms with van der Waals surface area (Å²) in [5.41, 5.74) is -0.177. The maximum Gasteiger partial charge on any atom is 0.286 e. The predicted molar refractivity (Wildman–Crippen MR) is 100 cm³/mol. The molecule has 6 nitrogen and oxygen atoms in total. The zero-order chi connectivity index (χ0) is 22.3. The molecule has 1 fully saturated rings. The number of nitrogens with one attached hydrogen (secondary N) is 1. The Morgan fingerprint density at radius 2 is 1.83 bits per heavy atom. The topological polar surface area (TPSA) is 86.7 Å². The minimum atomic E-state index is -4.71. The lowest BCUT2D eigenvalue weighted by atomic mass is 10.1. The number of nitrogens with zero attached hydrogens (tertiary/aromatic N) is 1. The maximum absolute atomic E-state index is 14.2. The van der Waals surface area contributed by atoms with Gasteiger partial charge in [-0.1, -0.05) is 11.6 Å². The third kappa shape index (κ3) is 4.43. The summed E-state index contributed by atoms with van der Waals surface area (Å²) < 4.78 is 80.7. The van der Waals surface area contributed by atoms with Crippen LogP contribution in [0.3, 0.4) is 0 Å². The van der Waals surface area contributed by atoms with Gasteiger partial charge in [0, 0.05) is 17.8 Å². The average molecular weight is 467 g/mol. The Labute approximate surface area is 174 Å². The summed E-state index contributed by atoms with van der Waals surface area (Å²) in [7, 11) is -4.71. The summed E-state index contributed by atoms with van der Waals surface area (Å²) >= 11 is 5.63. The van der Waals surface area contributed by atoms with E-state index in [4.69, 9.17) is 11.6 Å². The number of sulfonamides is 1. The summed E-state index contributed by atoms with van der Waals surface area (Å²) in [6.07, 6.45) is -2.53. The van der Waals surface area contributed by atoms with E-state index in [-0.39, 0.29) is 16.3 Å². The first kappa shape index (κ1) is 22.5. The molecule has 1 amide bonds. The first-order chi connectivity index (χ1) is 13.9. The molecular weight excluding hydrogens is 452 g/mol. The van der Waals surface area contributed by atoms with Crippen LogP contribution >= 0.6 is 11.6 Å². The Morgan fingerprint density at radius 3 is 2.47 bits per heavy atom. The molecule has 0 saturated carbocycles. The van der Waals surface area contributed by atoms with E-state index in [0.717, 1.165) is 24.3 Å². The second-order valence-corrected chi connectivity index (χ2v) is 8.95. The SMILES string of the molecule is O=C(Nc1ccc(F)c(Cl)c1)c1ccc(F)c(S(=O)(=O)N2CCC(O)C(F)(F)C2)c1. The molecule has 0 aliphatic carbocycles. The van der Waals surface area contributed by atoms with Crippen LogP contribution in [0.4, 0.5) is 23.2 Å². The predicted octanol–water partition coefficient (Wildman–Crippen LogP) is 3.26. The van der Waals surface area contributed by atoms with Gasteiger partial charge in [-0.3, -0.25) is 4.79 Å². The van der Waals surface area contributed by atoms with Crippen LogP contribution in [0.25, 0.3) is 0 Å². The van der Waals surface area contributed by atoms with Crippen LogP contribution in [0.1, 0.15) is 16.8 Å². The van der Waals surface area contributed by atoms with E-state index in [1.165, 1.54) is 6.07 Å². The lowest BCUT2D eigenvalue weighted by molar-refractivity contribution is -0.136. The molecule has 30 heavy (non-hydrogen) atoms. The van der Waals surface area contributed by atoms with Crippen LogP contribution in [-0.2, 0) is 10.0 Å². The molecule has 2 aromatic carbocycles. The Bertz CT molecular complexity index is 1100. The van der Waals surface area contributed by atoms with Crippen molar-refractivity contribution in [1.82, 2.24) is 4.31 Å². The zero-order valence-corrected chi connectivity index (χ0v) is 16.7. The second-order valence-electron chi connectivity index (χ2n) is 6.63. The lowest BCUT2D eigenvalue weighted by Crippen LogP contribution is -2.53. The Morgan fingerprint density at radius 1 is 1.17 bits per heavy atom. The Kier molecular flexibility index (Phi) is 6.10. The summed E-state index contributed by atoms with van der Waals surface area (Å²) in [6, 6.07) is 5.77. The normalized spacial score (nSPS) is 19.5. The van der Waals surface area contributed by atoms with Gasteiger partial charge in [-0.15, -0.1) is 0 Å². The van der Waals surface area contributed by atoms with E-state index < -0.39 is 64.0 Å². The second kappa shape index (κ2) is 8.14. The molecule has 0 bridgehead atoms. The molecule has 2 aromatic rings. The number of hydrogen-bond acceptors (Lipinski definition) is 4. The Balaban J connectivity index is 1.89. The Hall–Kier alpha value is -2.21. The molecule has 1 unspecified atom stereocenters. The van der Waals surface area contributed by atoms with Gasteiger partial charge in [0.2, 0.25) is 10.0 Å². The molecule has 1 aliphatic rings. The highest BCUT2D eigenvalue weighted by molar-refractivity contribution is 7.89. The van der Waals surface area contributed by atoms with Crippen LogP contribution in [-0.4, -0.2) is 48.9 Å². The van der Waals surface area contributed by atoms with Gasteiger partial charge in [-0.25, -0.2) is 26.0 Å². The summed E-state index contributed by atoms with van der Waals surface area (Å²) in [5.74, 6) is -6.49. The van der Waals surface area contributed by atoms with E-state index in [1.807, 2.05) is 0 Å². The minimum absolute atomic E-state index is 0.102. The summed E-state index contributed by atoms with van der Waals surface area (Å²) in [4.78, 5) is 11.4. The number of aliphatic hydroxyl groups excluding tert-OH is 1. The standard InChI is InChI=1S/C18H15ClF4N2O4S/c19-12-8-11(2-4-13(12)20)24-17(27)10-1-3-14(21)15(7-10)30(28,29)25-6-5-16(26)18(22,23)9-25/h1-4,7-8,16,26H,5-6,9H2,(H,24,27). The molecule has 162 valence electrons. The summed E-state index contributed by atoms with van der Waals surface area (Å²) in [5, 5.41) is 11.4. The molecule has 12 heteroatoms. The lowest BCUT2D eigenvalue weighted by Gasteiger charge is -2.35. The van der Waals surface area contributed by atoms with Crippen LogP contribution in [0.2, 0.25) is 5.02 Å². The number of carbonyl (C=O) groups excluding carboxylic acids is 1. The van der Waals surface area contributed by atoms with Gasteiger partial charge >= 0.3 is 0 Å². The number of alkyl halides is 2. The van der Waals surface area contributed by atoms with Crippen molar-refractivity contribution in [3.05, 3.63) is 58.6 Å². The van der Waals surface area contributed by atoms with Crippen molar-refractivity contribution in [3.8, 4) is 0 Å². The monoisotopic (exact) mass is 466 g/mol. The molecule has 1 heterocycles. The van der Waals surface area contributed by atoms with Gasteiger partial charge in [0.1, 0.15) is 22.6 Å². The first-order valence-electron chi connectivity index (χ1n) is 8.54. The molecule has 0 radical (unpaired) electrons. The van der Waals surface area contributed by atoms with E-state index in [1.54, 1.807) is 0 Å². The fourth-order valence-corrected chi connectivity index (χ4v) is 4.60. The first-order valence-corrected chi connectivity index (χ1v) is 10.4. The number of rotatable bonds is 4. The maximum atomic E-state index is 14.2. The number of benzene rings is 2. The molecule has 2 N–H and O–H groups in total. The van der Waals surface area contributed by atoms with Crippen LogP contribution in [0.15, 0.2) is 41.3 Å². The fourth-order valence-electron chi connectivity index (χ4n) is 2.86. The van der Waals surface area contributed by atoms with Gasteiger partial charge in [-0.2, -0.15) is 4.31 Å². The third-order valence-corrected chi connectivity index (χ3v) is 6.67. The van der Waals surface area contributed by atoms with Crippen molar-refractivity contribution in [3.63, 3.8) is 0 Å². The highest BCUT2D eigenvalue weighted by Gasteiger charge is 2.47. The number of carbonyl (C=O) groups is 1. The largest absolute Gasteiger partial charge is 0.387 e. The van der Waals surface area contributed by atoms with Crippen LogP contribution < -0.4 is 5.32 Å². The van der Waals surface area contributed by atoms with Crippen molar-refractivity contribution < 1.29 is 35.9 Å². The number of hydrogen-bond donors (Lipinski definition) is 2. The molecule has 1 saturated heterocycles. The van der Waals surface area contributed by atoms with Crippen LogP contribution in [0, 0.1) is 11.6 Å². The molecule has 3 rings (SSSR count). The van der Waals surface area contributed by atoms with Crippen LogP contribution in [0.5, 0.6) is 0 Å². The number of piperidine rings is 1. The van der Waals surface area contributed by atoms with Crippen molar-refractivity contribution in [2.75, 3.05) is 18.4 Å². The summed E-state index contributed by atoms with van der Waals surface area (Å²) in [6.45, 7) is -1.76.